The molecule has 1 rings (SSSR count). The van der Waals surface area contributed by atoms with E-state index < -0.39 is 54.3 Å². The number of nitrogens with two attached hydrogens (primary N) is 1. The summed E-state index contributed by atoms with van der Waals surface area (Å²) < 4.78 is 0. The van der Waals surface area contributed by atoms with Crippen molar-refractivity contribution in [2.75, 3.05) is 6.54 Å². The maximum absolute atomic E-state index is 12.6. The minimum Gasteiger partial charge on any atom is -0.508 e. The van der Waals surface area contributed by atoms with Gasteiger partial charge in [-0.15, -0.1) is 0 Å². The third-order valence-corrected chi connectivity index (χ3v) is 4.78. The highest BCUT2D eigenvalue weighted by molar-refractivity contribution is 5.92. The van der Waals surface area contributed by atoms with E-state index in [9.17, 15) is 34.2 Å². The highest BCUT2D eigenvalue weighted by atomic mass is 16.4. The zero-order valence-corrected chi connectivity index (χ0v) is 19.1. The molecule has 12 nitrogen and oxygen atoms in total. The summed E-state index contributed by atoms with van der Waals surface area (Å²) in [5.41, 5.74) is 6.26. The summed E-state index contributed by atoms with van der Waals surface area (Å²) in [6, 6.07) is 2.47. The Hall–Kier alpha value is -3.67. The summed E-state index contributed by atoms with van der Waals surface area (Å²) in [5.74, 6) is -4.44. The SMILES string of the molecule is CC(C)CC(NC(=O)C(N)CCC(=O)O)C(=O)NCC(=O)NC(Cc1ccc(O)cc1)C(=O)O. The Morgan fingerprint density at radius 1 is 0.941 bits per heavy atom. The first-order valence-electron chi connectivity index (χ1n) is 10.7. The van der Waals surface area contributed by atoms with Gasteiger partial charge in [-0.2, -0.15) is 0 Å². The Kier molecular flexibility index (Phi) is 11.5. The molecule has 0 aliphatic heterocycles. The van der Waals surface area contributed by atoms with Gasteiger partial charge in [-0.1, -0.05) is 26.0 Å². The van der Waals surface area contributed by atoms with Crippen molar-refractivity contribution in [3.8, 4) is 5.75 Å². The van der Waals surface area contributed by atoms with Crippen molar-refractivity contribution in [1.29, 1.82) is 0 Å². The van der Waals surface area contributed by atoms with Crippen LogP contribution in [0.3, 0.4) is 0 Å². The molecular weight excluding hydrogens is 448 g/mol. The Labute approximate surface area is 196 Å². The monoisotopic (exact) mass is 480 g/mol. The minimum atomic E-state index is -1.27. The maximum Gasteiger partial charge on any atom is 0.326 e. The number of amides is 3. The predicted molar refractivity (Wildman–Crippen MR) is 121 cm³/mol. The fourth-order valence-electron chi connectivity index (χ4n) is 3.00. The maximum atomic E-state index is 12.6. The fourth-order valence-corrected chi connectivity index (χ4v) is 3.00. The number of hydrogen-bond donors (Lipinski definition) is 7. The van der Waals surface area contributed by atoms with Gasteiger partial charge in [-0.25, -0.2) is 4.79 Å². The Balaban J connectivity index is 2.67. The number of carbonyl (C=O) groups excluding carboxylic acids is 3. The first-order valence-corrected chi connectivity index (χ1v) is 10.7. The van der Waals surface area contributed by atoms with Gasteiger partial charge in [0.2, 0.25) is 17.7 Å². The molecule has 8 N–H and O–H groups in total. The number of benzene rings is 1. The molecule has 0 aromatic heterocycles. The van der Waals surface area contributed by atoms with Gasteiger partial charge < -0.3 is 37.0 Å². The molecule has 1 aromatic rings. The quantitative estimate of drug-likeness (QED) is 0.180. The number of phenolic OH excluding ortho intramolecular Hbond substituents is 1. The lowest BCUT2D eigenvalue weighted by molar-refractivity contribution is -0.141. The molecule has 0 radical (unpaired) electrons. The van der Waals surface area contributed by atoms with E-state index in [1.165, 1.54) is 24.3 Å². The number of aliphatic carboxylic acids is 2. The highest BCUT2D eigenvalue weighted by Gasteiger charge is 2.26. The molecule has 188 valence electrons. The van der Waals surface area contributed by atoms with E-state index >= 15 is 0 Å². The summed E-state index contributed by atoms with van der Waals surface area (Å²) in [6.07, 6.45) is -0.194. The standard InChI is InChI=1S/C22H32N4O8/c1-12(2)9-16(26-20(31)15(23)7-8-19(29)30)21(32)24-11-18(28)25-17(22(33)34)10-13-3-5-14(27)6-4-13/h3-6,12,15-17,27H,7-11,23H2,1-2H3,(H,24,32)(H,25,28)(H,26,31)(H,29,30)(H,33,34). The first kappa shape index (κ1) is 28.4. The molecule has 12 heteroatoms. The van der Waals surface area contributed by atoms with Crippen LogP contribution in [0.1, 0.15) is 38.7 Å². The van der Waals surface area contributed by atoms with Crippen LogP contribution in [0.4, 0.5) is 0 Å². The number of carbonyl (C=O) groups is 5. The molecule has 0 spiro atoms. The van der Waals surface area contributed by atoms with E-state index in [-0.39, 0.29) is 37.4 Å². The van der Waals surface area contributed by atoms with Gasteiger partial charge in [0.1, 0.15) is 17.8 Å². The predicted octanol–water partition coefficient (Wildman–Crippen LogP) is -0.657. The molecule has 0 bridgehead atoms. The summed E-state index contributed by atoms with van der Waals surface area (Å²) in [4.78, 5) is 59.2. The molecule has 34 heavy (non-hydrogen) atoms. The average Bonchev–Trinajstić information content (AvgIpc) is 2.75. The summed E-state index contributed by atoms with van der Waals surface area (Å²) >= 11 is 0. The van der Waals surface area contributed by atoms with Crippen LogP contribution in [-0.4, -0.2) is 69.7 Å². The highest BCUT2D eigenvalue weighted by Crippen LogP contribution is 2.11. The van der Waals surface area contributed by atoms with E-state index in [0.29, 0.717) is 5.56 Å². The second-order valence-corrected chi connectivity index (χ2v) is 8.28. The Bertz CT molecular complexity index is 872. The zero-order valence-electron chi connectivity index (χ0n) is 19.1. The minimum absolute atomic E-state index is 0.00169. The lowest BCUT2D eigenvalue weighted by Gasteiger charge is -2.22. The van der Waals surface area contributed by atoms with Crippen LogP contribution < -0.4 is 21.7 Å². The normalized spacial score (nSPS) is 13.4. The number of aromatic hydroxyl groups is 1. The molecule has 0 saturated carbocycles. The van der Waals surface area contributed by atoms with Gasteiger partial charge in [-0.05, 0) is 36.5 Å². The molecule has 0 fully saturated rings. The van der Waals surface area contributed by atoms with Gasteiger partial charge in [-0.3, -0.25) is 19.2 Å². The molecule has 1 aromatic carbocycles. The van der Waals surface area contributed by atoms with Crippen molar-refractivity contribution in [2.24, 2.45) is 11.7 Å². The van der Waals surface area contributed by atoms with Crippen molar-refractivity contribution in [3.63, 3.8) is 0 Å². The van der Waals surface area contributed by atoms with Crippen molar-refractivity contribution in [1.82, 2.24) is 16.0 Å². The van der Waals surface area contributed by atoms with Crippen molar-refractivity contribution in [3.05, 3.63) is 29.8 Å². The number of phenols is 1. The number of rotatable bonds is 14. The third-order valence-electron chi connectivity index (χ3n) is 4.78. The van der Waals surface area contributed by atoms with E-state index in [1.54, 1.807) is 0 Å². The Morgan fingerprint density at radius 2 is 1.56 bits per heavy atom. The second-order valence-electron chi connectivity index (χ2n) is 8.28. The fraction of sp³-hybridized carbons (Fsp3) is 0.500. The topological polar surface area (TPSA) is 208 Å². The van der Waals surface area contributed by atoms with E-state index in [4.69, 9.17) is 10.8 Å². The molecule has 0 aliphatic carbocycles. The first-order chi connectivity index (χ1) is 15.9. The van der Waals surface area contributed by atoms with E-state index in [0.717, 1.165) is 0 Å². The van der Waals surface area contributed by atoms with Crippen molar-refractivity contribution in [2.45, 2.75) is 57.7 Å². The van der Waals surface area contributed by atoms with Gasteiger partial charge >= 0.3 is 11.9 Å². The van der Waals surface area contributed by atoms with Gasteiger partial charge in [0.25, 0.3) is 0 Å². The van der Waals surface area contributed by atoms with Crippen LogP contribution in [-0.2, 0) is 30.4 Å². The number of carboxylic acid groups (broad SMARTS) is 2. The molecular formula is C22H32N4O8. The van der Waals surface area contributed by atoms with Crippen LogP contribution in [0.5, 0.6) is 5.75 Å². The largest absolute Gasteiger partial charge is 0.508 e. The number of carboxylic acids is 2. The molecule has 3 unspecified atom stereocenters. The third kappa shape index (κ3) is 10.8. The average molecular weight is 481 g/mol. The summed E-state index contributed by atoms with van der Waals surface area (Å²) in [7, 11) is 0. The smallest absolute Gasteiger partial charge is 0.326 e. The van der Waals surface area contributed by atoms with Gasteiger partial charge in [0, 0.05) is 12.8 Å². The molecule has 3 atom stereocenters. The summed E-state index contributed by atoms with van der Waals surface area (Å²) in [6.45, 7) is 3.13. The van der Waals surface area contributed by atoms with Crippen LogP contribution in [0.15, 0.2) is 24.3 Å². The van der Waals surface area contributed by atoms with Gasteiger partial charge in [0.05, 0.1) is 12.6 Å². The lowest BCUT2D eigenvalue weighted by atomic mass is 10.0. The van der Waals surface area contributed by atoms with Crippen molar-refractivity contribution >= 4 is 29.7 Å². The molecule has 0 heterocycles. The van der Waals surface area contributed by atoms with E-state index in [2.05, 4.69) is 16.0 Å². The molecule has 3 amide bonds. The van der Waals surface area contributed by atoms with Crippen LogP contribution in [0.2, 0.25) is 0 Å². The number of nitrogens with one attached hydrogen (secondary N) is 3. The zero-order chi connectivity index (χ0) is 25.8. The summed E-state index contributed by atoms with van der Waals surface area (Å²) in [5, 5.41) is 34.6. The van der Waals surface area contributed by atoms with Crippen LogP contribution >= 0.6 is 0 Å². The van der Waals surface area contributed by atoms with Gasteiger partial charge in [0.15, 0.2) is 0 Å². The lowest BCUT2D eigenvalue weighted by Crippen LogP contribution is -2.54. The number of hydrogen-bond acceptors (Lipinski definition) is 7. The van der Waals surface area contributed by atoms with Crippen LogP contribution in [0.25, 0.3) is 0 Å². The van der Waals surface area contributed by atoms with E-state index in [1.807, 2.05) is 13.8 Å². The second kappa shape index (κ2) is 13.8. The van der Waals surface area contributed by atoms with Crippen molar-refractivity contribution < 1.29 is 39.3 Å². The van der Waals surface area contributed by atoms with Crippen LogP contribution in [0, 0.1) is 5.92 Å². The Morgan fingerprint density at radius 3 is 2.09 bits per heavy atom. The molecule has 0 saturated heterocycles. The molecule has 0 aliphatic rings.